The molecule has 3 rings (SSSR count). The molecule has 1 fully saturated rings. The fraction of sp³-hybridized carbons (Fsp3) is 0.353. The summed E-state index contributed by atoms with van der Waals surface area (Å²) in [6.45, 7) is 3.21. The molecule has 1 saturated heterocycles. The van der Waals surface area contributed by atoms with Crippen molar-refractivity contribution in [2.45, 2.75) is 25.1 Å². The number of H-pyrrole nitrogens is 1. The van der Waals surface area contributed by atoms with E-state index >= 15 is 0 Å². The van der Waals surface area contributed by atoms with Gasteiger partial charge in [-0.1, -0.05) is 12.1 Å². The number of amides is 2. The molecule has 1 aromatic carbocycles. The maximum Gasteiger partial charge on any atom is 0.432 e. The summed E-state index contributed by atoms with van der Waals surface area (Å²) in [6.07, 6.45) is -3.78. The van der Waals surface area contributed by atoms with Gasteiger partial charge in [0.2, 0.25) is 0 Å². The molecule has 0 saturated carbocycles. The molecule has 0 aliphatic carbocycles. The maximum absolute atomic E-state index is 12.6. The highest BCUT2D eigenvalue weighted by atomic mass is 19.4. The van der Waals surface area contributed by atoms with E-state index in [1.165, 1.54) is 24.3 Å². The molecule has 1 aliphatic rings. The third-order valence-electron chi connectivity index (χ3n) is 4.31. The first-order chi connectivity index (χ1) is 12.7. The number of carbonyl (C=O) groups excluding carboxylic acids is 2. The molecule has 1 unspecified atom stereocenters. The zero-order chi connectivity index (χ0) is 19.7. The second kappa shape index (κ2) is 7.03. The topological polar surface area (TPSA) is 98.9 Å². The molecule has 1 aliphatic heterocycles. The molecule has 2 heterocycles. The predicted octanol–water partition coefficient (Wildman–Crippen LogP) is 1.90. The van der Waals surface area contributed by atoms with Crippen LogP contribution in [0.5, 0.6) is 0 Å². The Labute approximate surface area is 152 Å². The molecule has 2 aromatic rings. The Kier molecular flexibility index (Phi) is 4.92. The van der Waals surface area contributed by atoms with E-state index in [2.05, 4.69) is 21.0 Å². The number of benzene rings is 1. The van der Waals surface area contributed by atoms with Crippen molar-refractivity contribution in [3.8, 4) is 11.3 Å². The molecule has 1 atom stereocenters. The number of anilines is 1. The number of hydrogen-bond donors (Lipinski definition) is 4. The van der Waals surface area contributed by atoms with E-state index in [9.17, 15) is 22.8 Å². The van der Waals surface area contributed by atoms with Crippen molar-refractivity contribution >= 4 is 17.5 Å². The van der Waals surface area contributed by atoms with Crippen LogP contribution in [0.1, 0.15) is 19.0 Å². The number of nitrogens with zero attached hydrogens (tertiary/aromatic N) is 1. The molecule has 4 N–H and O–H groups in total. The van der Waals surface area contributed by atoms with Crippen LogP contribution in [-0.2, 0) is 15.8 Å². The normalized spacial score (nSPS) is 19.7. The zero-order valence-corrected chi connectivity index (χ0v) is 14.4. The monoisotopic (exact) mass is 381 g/mol. The molecule has 7 nitrogen and oxygen atoms in total. The summed E-state index contributed by atoms with van der Waals surface area (Å²) in [6, 6.07) is 6.89. The highest BCUT2D eigenvalue weighted by Crippen LogP contribution is 2.30. The third-order valence-corrected chi connectivity index (χ3v) is 4.31. The largest absolute Gasteiger partial charge is 0.432 e. The van der Waals surface area contributed by atoms with Crippen LogP contribution < -0.4 is 16.0 Å². The molecule has 144 valence electrons. The summed E-state index contributed by atoms with van der Waals surface area (Å²) in [5.74, 6) is -1.55. The summed E-state index contributed by atoms with van der Waals surface area (Å²) in [7, 11) is 0. The zero-order valence-electron chi connectivity index (χ0n) is 14.4. The van der Waals surface area contributed by atoms with Crippen molar-refractivity contribution in [1.82, 2.24) is 20.8 Å². The summed E-state index contributed by atoms with van der Waals surface area (Å²) >= 11 is 0. The van der Waals surface area contributed by atoms with E-state index in [-0.39, 0.29) is 5.69 Å². The van der Waals surface area contributed by atoms with Gasteiger partial charge in [0.15, 0.2) is 0 Å². The van der Waals surface area contributed by atoms with Gasteiger partial charge in [0.05, 0.1) is 11.2 Å². The van der Waals surface area contributed by atoms with E-state index in [0.29, 0.717) is 17.8 Å². The Morgan fingerprint density at radius 1 is 1.19 bits per heavy atom. The lowest BCUT2D eigenvalue weighted by Crippen LogP contribution is -2.51. The van der Waals surface area contributed by atoms with Gasteiger partial charge >= 0.3 is 18.0 Å². The first-order valence-corrected chi connectivity index (χ1v) is 8.24. The first-order valence-electron chi connectivity index (χ1n) is 8.24. The maximum atomic E-state index is 12.6. The Bertz CT molecular complexity index is 839. The number of alkyl halides is 3. The molecule has 0 radical (unpaired) electrons. The van der Waals surface area contributed by atoms with Gasteiger partial charge in [-0.25, -0.2) is 0 Å². The van der Waals surface area contributed by atoms with Crippen molar-refractivity contribution in [3.63, 3.8) is 0 Å². The standard InChI is InChI=1S/C17H18F3N5O2/c1-16(6-7-21-9-16)23-15(27)14(26)22-11-4-2-10(3-5-11)12-8-13(25-24-12)17(18,19)20/h2-5,8,21H,6-7,9H2,1H3,(H,22,26)(H,23,27)(H,24,25). The van der Waals surface area contributed by atoms with Crippen molar-refractivity contribution < 1.29 is 22.8 Å². The third kappa shape index (κ3) is 4.45. The summed E-state index contributed by atoms with van der Waals surface area (Å²) < 4.78 is 37.8. The van der Waals surface area contributed by atoms with Gasteiger partial charge in [-0.15, -0.1) is 0 Å². The number of hydrogen-bond acceptors (Lipinski definition) is 4. The number of rotatable bonds is 3. The number of nitrogens with one attached hydrogen (secondary N) is 4. The Morgan fingerprint density at radius 3 is 2.44 bits per heavy atom. The van der Waals surface area contributed by atoms with Crippen molar-refractivity contribution in [2.24, 2.45) is 0 Å². The molecule has 2 amide bonds. The van der Waals surface area contributed by atoms with Gasteiger partial charge in [0, 0.05) is 17.8 Å². The summed E-state index contributed by atoms with van der Waals surface area (Å²) in [4.78, 5) is 24.0. The predicted molar refractivity (Wildman–Crippen MR) is 91.7 cm³/mol. The highest BCUT2D eigenvalue weighted by molar-refractivity contribution is 6.39. The second-order valence-electron chi connectivity index (χ2n) is 6.64. The van der Waals surface area contributed by atoms with Crippen LogP contribution in [0.3, 0.4) is 0 Å². The number of halogens is 3. The van der Waals surface area contributed by atoms with E-state index in [4.69, 9.17) is 0 Å². The van der Waals surface area contributed by atoms with Crippen LogP contribution in [0.4, 0.5) is 18.9 Å². The quantitative estimate of drug-likeness (QED) is 0.611. The molecule has 0 bridgehead atoms. The van der Waals surface area contributed by atoms with Crippen LogP contribution in [0.25, 0.3) is 11.3 Å². The molecular formula is C17H18F3N5O2. The van der Waals surface area contributed by atoms with Crippen LogP contribution >= 0.6 is 0 Å². The minimum atomic E-state index is -4.50. The highest BCUT2D eigenvalue weighted by Gasteiger charge is 2.33. The molecule has 0 spiro atoms. The molecule has 10 heteroatoms. The Balaban J connectivity index is 1.62. The summed E-state index contributed by atoms with van der Waals surface area (Å²) in [5, 5.41) is 13.8. The van der Waals surface area contributed by atoms with Crippen LogP contribution in [0.2, 0.25) is 0 Å². The smallest absolute Gasteiger partial charge is 0.341 e. The van der Waals surface area contributed by atoms with Crippen molar-refractivity contribution in [1.29, 1.82) is 0 Å². The van der Waals surface area contributed by atoms with Gasteiger partial charge < -0.3 is 16.0 Å². The second-order valence-corrected chi connectivity index (χ2v) is 6.64. The van der Waals surface area contributed by atoms with Gasteiger partial charge in [-0.05, 0) is 38.1 Å². The SMILES string of the molecule is CC1(NC(=O)C(=O)Nc2ccc(-c3cc(C(F)(F)F)[nH]n3)cc2)CCNC1. The van der Waals surface area contributed by atoms with Crippen LogP contribution in [0, 0.1) is 0 Å². The summed E-state index contributed by atoms with van der Waals surface area (Å²) in [5.41, 5.74) is -0.496. The first kappa shape index (κ1) is 18.9. The number of aromatic amines is 1. The van der Waals surface area contributed by atoms with Gasteiger partial charge in [0.25, 0.3) is 0 Å². The average Bonchev–Trinajstić information content (AvgIpc) is 3.24. The fourth-order valence-corrected chi connectivity index (χ4v) is 2.78. The van der Waals surface area contributed by atoms with Crippen LogP contribution in [-0.4, -0.2) is 40.6 Å². The Hall–Kier alpha value is -2.88. The minimum absolute atomic E-state index is 0.125. The van der Waals surface area contributed by atoms with Crippen LogP contribution in [0.15, 0.2) is 30.3 Å². The van der Waals surface area contributed by atoms with E-state index in [1.54, 1.807) is 0 Å². The van der Waals surface area contributed by atoms with E-state index in [1.807, 2.05) is 12.0 Å². The van der Waals surface area contributed by atoms with Gasteiger partial charge in [0.1, 0.15) is 5.69 Å². The van der Waals surface area contributed by atoms with E-state index < -0.39 is 29.2 Å². The number of aromatic nitrogens is 2. The Morgan fingerprint density at radius 2 is 1.89 bits per heavy atom. The van der Waals surface area contributed by atoms with Gasteiger partial charge in [-0.3, -0.25) is 14.7 Å². The lowest BCUT2D eigenvalue weighted by molar-refractivity contribution is -0.141. The van der Waals surface area contributed by atoms with Gasteiger partial charge in [-0.2, -0.15) is 18.3 Å². The molecule has 27 heavy (non-hydrogen) atoms. The molecule has 1 aromatic heterocycles. The van der Waals surface area contributed by atoms with Crippen molar-refractivity contribution in [3.05, 3.63) is 36.0 Å². The fourth-order valence-electron chi connectivity index (χ4n) is 2.78. The number of carbonyl (C=O) groups is 2. The average molecular weight is 381 g/mol. The minimum Gasteiger partial charge on any atom is -0.341 e. The lowest BCUT2D eigenvalue weighted by atomic mass is 10.0. The lowest BCUT2D eigenvalue weighted by Gasteiger charge is -2.23. The van der Waals surface area contributed by atoms with E-state index in [0.717, 1.165) is 19.0 Å². The molecular weight excluding hydrogens is 363 g/mol. The van der Waals surface area contributed by atoms with Crippen molar-refractivity contribution in [2.75, 3.05) is 18.4 Å².